The van der Waals surface area contributed by atoms with Crippen LogP contribution in [-0.2, 0) is 5.92 Å². The van der Waals surface area contributed by atoms with Crippen molar-refractivity contribution in [3.8, 4) is 0 Å². The zero-order valence-electron chi connectivity index (χ0n) is 9.15. The largest absolute Gasteiger partial charge is 0.314 e. The standard InChI is InChI=1S/C12H13F4N/c13-10-4-3-8(6-11(10)14)12(15,16)7-9-2-1-5-17-9/h3-4,6,9,17H,1-2,5,7H2. The molecule has 0 saturated carbocycles. The van der Waals surface area contributed by atoms with Gasteiger partial charge >= 0.3 is 0 Å². The molecular formula is C12H13F4N. The van der Waals surface area contributed by atoms with E-state index in [0.29, 0.717) is 12.5 Å². The molecule has 1 aromatic rings. The normalized spacial score (nSPS) is 20.8. The highest BCUT2D eigenvalue weighted by Gasteiger charge is 2.36. The molecule has 1 N–H and O–H groups in total. The van der Waals surface area contributed by atoms with Gasteiger partial charge in [-0.2, -0.15) is 0 Å². The lowest BCUT2D eigenvalue weighted by atomic mass is 10.00. The van der Waals surface area contributed by atoms with Gasteiger partial charge in [0.25, 0.3) is 5.92 Å². The maximum Gasteiger partial charge on any atom is 0.274 e. The Morgan fingerprint density at radius 1 is 1.24 bits per heavy atom. The van der Waals surface area contributed by atoms with E-state index < -0.39 is 23.1 Å². The predicted octanol–water partition coefficient (Wildman–Crippen LogP) is 3.20. The van der Waals surface area contributed by atoms with Crippen LogP contribution >= 0.6 is 0 Å². The highest BCUT2D eigenvalue weighted by Crippen LogP contribution is 2.35. The summed E-state index contributed by atoms with van der Waals surface area (Å²) in [7, 11) is 0. The Morgan fingerprint density at radius 3 is 2.59 bits per heavy atom. The van der Waals surface area contributed by atoms with Crippen LogP contribution in [0.5, 0.6) is 0 Å². The summed E-state index contributed by atoms with van der Waals surface area (Å²) in [6, 6.07) is 2.00. The molecule has 1 aliphatic rings. The lowest BCUT2D eigenvalue weighted by Crippen LogP contribution is -2.29. The van der Waals surface area contributed by atoms with E-state index >= 15 is 0 Å². The van der Waals surface area contributed by atoms with Crippen molar-refractivity contribution in [2.75, 3.05) is 6.54 Å². The van der Waals surface area contributed by atoms with Crippen LogP contribution in [0.1, 0.15) is 24.8 Å². The second-order valence-electron chi connectivity index (χ2n) is 4.33. The minimum atomic E-state index is -3.13. The second kappa shape index (κ2) is 4.64. The highest BCUT2D eigenvalue weighted by molar-refractivity contribution is 5.22. The number of alkyl halides is 2. The van der Waals surface area contributed by atoms with E-state index in [9.17, 15) is 17.6 Å². The molecule has 0 aliphatic carbocycles. The summed E-state index contributed by atoms with van der Waals surface area (Å²) >= 11 is 0. The molecule has 2 rings (SSSR count). The summed E-state index contributed by atoms with van der Waals surface area (Å²) in [5.41, 5.74) is -0.468. The molecule has 1 aromatic carbocycles. The minimum Gasteiger partial charge on any atom is -0.314 e. The van der Waals surface area contributed by atoms with Crippen LogP contribution in [0.15, 0.2) is 18.2 Å². The molecule has 1 unspecified atom stereocenters. The molecule has 0 amide bonds. The van der Waals surface area contributed by atoms with Gasteiger partial charge in [0.05, 0.1) is 0 Å². The molecule has 1 heterocycles. The van der Waals surface area contributed by atoms with E-state index in [4.69, 9.17) is 0 Å². The average Bonchev–Trinajstić information content (AvgIpc) is 2.73. The van der Waals surface area contributed by atoms with E-state index in [1.807, 2.05) is 0 Å². The Bertz CT molecular complexity index is 399. The summed E-state index contributed by atoms with van der Waals surface area (Å²) in [6.07, 6.45) is 1.19. The van der Waals surface area contributed by atoms with Crippen LogP contribution in [0.3, 0.4) is 0 Å². The van der Waals surface area contributed by atoms with Crippen LogP contribution in [0.4, 0.5) is 17.6 Å². The van der Waals surface area contributed by atoms with Crippen LogP contribution in [0, 0.1) is 11.6 Å². The Labute approximate surface area is 96.8 Å². The fourth-order valence-corrected chi connectivity index (χ4v) is 2.08. The molecule has 0 bridgehead atoms. The maximum atomic E-state index is 13.8. The second-order valence-corrected chi connectivity index (χ2v) is 4.33. The van der Waals surface area contributed by atoms with E-state index in [0.717, 1.165) is 25.1 Å². The number of rotatable bonds is 3. The van der Waals surface area contributed by atoms with Crippen molar-refractivity contribution in [3.63, 3.8) is 0 Å². The van der Waals surface area contributed by atoms with Gasteiger partial charge in [0.2, 0.25) is 0 Å². The average molecular weight is 247 g/mol. The van der Waals surface area contributed by atoms with Crippen LogP contribution in [-0.4, -0.2) is 12.6 Å². The van der Waals surface area contributed by atoms with Gasteiger partial charge in [0, 0.05) is 18.0 Å². The smallest absolute Gasteiger partial charge is 0.274 e. The number of benzene rings is 1. The van der Waals surface area contributed by atoms with Crippen LogP contribution in [0.25, 0.3) is 0 Å². The van der Waals surface area contributed by atoms with Crippen molar-refractivity contribution in [3.05, 3.63) is 35.4 Å². The van der Waals surface area contributed by atoms with E-state index in [-0.39, 0.29) is 12.5 Å². The van der Waals surface area contributed by atoms with Crippen molar-refractivity contribution in [1.82, 2.24) is 5.32 Å². The zero-order chi connectivity index (χ0) is 12.5. The molecule has 17 heavy (non-hydrogen) atoms. The Hall–Kier alpha value is -1.10. The molecule has 1 aliphatic heterocycles. The molecule has 0 radical (unpaired) electrons. The minimum absolute atomic E-state index is 0.252. The highest BCUT2D eigenvalue weighted by atomic mass is 19.3. The summed E-state index contributed by atoms with van der Waals surface area (Å²) in [5.74, 6) is -5.47. The SMILES string of the molecule is Fc1ccc(C(F)(F)CC2CCCN2)cc1F. The molecule has 1 saturated heterocycles. The van der Waals surface area contributed by atoms with Gasteiger partial charge < -0.3 is 5.32 Å². The molecule has 0 aromatic heterocycles. The lowest BCUT2D eigenvalue weighted by molar-refractivity contribution is -0.0216. The van der Waals surface area contributed by atoms with Crippen molar-refractivity contribution in [2.45, 2.75) is 31.2 Å². The zero-order valence-corrected chi connectivity index (χ0v) is 9.15. The van der Waals surface area contributed by atoms with Gasteiger partial charge in [-0.05, 0) is 37.6 Å². The first kappa shape index (κ1) is 12.4. The molecule has 1 nitrogen and oxygen atoms in total. The monoisotopic (exact) mass is 247 g/mol. The van der Waals surface area contributed by atoms with Crippen LogP contribution < -0.4 is 5.32 Å². The van der Waals surface area contributed by atoms with Gasteiger partial charge in [0.1, 0.15) is 0 Å². The third-order valence-electron chi connectivity index (χ3n) is 3.01. The molecule has 0 spiro atoms. The summed E-state index contributed by atoms with van der Waals surface area (Å²) in [6.45, 7) is 0.735. The third kappa shape index (κ3) is 2.77. The summed E-state index contributed by atoms with van der Waals surface area (Å²) in [5, 5.41) is 2.96. The summed E-state index contributed by atoms with van der Waals surface area (Å²) in [4.78, 5) is 0. The maximum absolute atomic E-state index is 13.8. The lowest BCUT2D eigenvalue weighted by Gasteiger charge is -2.20. The number of hydrogen-bond donors (Lipinski definition) is 1. The first-order chi connectivity index (χ1) is 7.99. The summed E-state index contributed by atoms with van der Waals surface area (Å²) < 4.78 is 53.1. The third-order valence-corrected chi connectivity index (χ3v) is 3.01. The van der Waals surface area contributed by atoms with E-state index in [1.54, 1.807) is 0 Å². The fraction of sp³-hybridized carbons (Fsp3) is 0.500. The number of hydrogen-bond acceptors (Lipinski definition) is 1. The topological polar surface area (TPSA) is 12.0 Å². The molecule has 1 fully saturated rings. The quantitative estimate of drug-likeness (QED) is 0.809. The molecule has 5 heteroatoms. The van der Waals surface area contributed by atoms with Crippen molar-refractivity contribution in [2.24, 2.45) is 0 Å². The Balaban J connectivity index is 2.14. The predicted molar refractivity (Wildman–Crippen MR) is 55.9 cm³/mol. The van der Waals surface area contributed by atoms with Gasteiger partial charge in [-0.25, -0.2) is 17.6 Å². The number of nitrogens with one attached hydrogen (secondary N) is 1. The number of halogens is 4. The molecular weight excluding hydrogens is 234 g/mol. The van der Waals surface area contributed by atoms with Gasteiger partial charge in [-0.15, -0.1) is 0 Å². The first-order valence-corrected chi connectivity index (χ1v) is 5.56. The van der Waals surface area contributed by atoms with Crippen molar-refractivity contribution >= 4 is 0 Å². The molecule has 94 valence electrons. The molecule has 1 atom stereocenters. The van der Waals surface area contributed by atoms with Gasteiger partial charge in [-0.1, -0.05) is 0 Å². The Kier molecular flexibility index (Phi) is 3.38. The van der Waals surface area contributed by atoms with Crippen LogP contribution in [0.2, 0.25) is 0 Å². The fourth-order valence-electron chi connectivity index (χ4n) is 2.08. The first-order valence-electron chi connectivity index (χ1n) is 5.56. The van der Waals surface area contributed by atoms with Gasteiger partial charge in [0.15, 0.2) is 11.6 Å². The van der Waals surface area contributed by atoms with E-state index in [1.165, 1.54) is 0 Å². The van der Waals surface area contributed by atoms with Crippen molar-refractivity contribution < 1.29 is 17.6 Å². The Morgan fingerprint density at radius 2 is 2.00 bits per heavy atom. The van der Waals surface area contributed by atoms with Crippen molar-refractivity contribution in [1.29, 1.82) is 0 Å². The van der Waals surface area contributed by atoms with E-state index in [2.05, 4.69) is 5.32 Å². The van der Waals surface area contributed by atoms with Gasteiger partial charge in [-0.3, -0.25) is 0 Å².